The zero-order valence-corrected chi connectivity index (χ0v) is 20.8. The molecule has 11 nitrogen and oxygen atoms in total. The Balaban J connectivity index is 0.00000170. The summed E-state index contributed by atoms with van der Waals surface area (Å²) in [6.45, 7) is 1.67. The first kappa shape index (κ1) is 31.3. The molecular formula is C22H17Cl2F4N3O8. The molecule has 0 aliphatic heterocycles. The van der Waals surface area contributed by atoms with Gasteiger partial charge >= 0.3 is 12.5 Å². The lowest BCUT2D eigenvalue weighted by atomic mass is 10.1. The summed E-state index contributed by atoms with van der Waals surface area (Å²) >= 11 is 12.1. The number of hydrogen-bond acceptors (Lipinski definition) is 9. The lowest BCUT2D eigenvalue weighted by molar-refractivity contribution is -0.420. The van der Waals surface area contributed by atoms with Crippen LogP contribution in [0.4, 0.5) is 23.2 Å². The van der Waals surface area contributed by atoms with E-state index in [1.807, 2.05) is 0 Å². The normalized spacial score (nSPS) is 11.1. The summed E-state index contributed by atoms with van der Waals surface area (Å²) in [6.07, 6.45) is -7.69. The van der Waals surface area contributed by atoms with Crippen molar-refractivity contribution in [2.75, 3.05) is 5.32 Å². The van der Waals surface area contributed by atoms with E-state index >= 15 is 0 Å². The fourth-order valence-electron chi connectivity index (χ4n) is 2.82. The van der Waals surface area contributed by atoms with Gasteiger partial charge in [-0.3, -0.25) is 14.6 Å². The molecule has 0 aliphatic carbocycles. The fourth-order valence-corrected chi connectivity index (χ4v) is 3.38. The van der Waals surface area contributed by atoms with Crippen LogP contribution in [0.25, 0.3) is 0 Å². The van der Waals surface area contributed by atoms with Crippen LogP contribution in [0.5, 0.6) is 23.0 Å². The summed E-state index contributed by atoms with van der Waals surface area (Å²) in [4.78, 5) is 25.5. The van der Waals surface area contributed by atoms with Gasteiger partial charge in [-0.1, -0.05) is 23.2 Å². The Morgan fingerprint density at radius 1 is 1.05 bits per heavy atom. The molecule has 2 aromatic carbocycles. The highest BCUT2D eigenvalue weighted by molar-refractivity contribution is 6.37. The maximum Gasteiger partial charge on any atom is 0.573 e. The molecule has 0 atom stereocenters. The summed E-state index contributed by atoms with van der Waals surface area (Å²) in [7, 11) is 0. The van der Waals surface area contributed by atoms with Crippen molar-refractivity contribution in [1.29, 1.82) is 0 Å². The number of aromatic nitrogens is 1. The minimum absolute atomic E-state index is 0.0629. The third-order valence-electron chi connectivity index (χ3n) is 4.11. The van der Waals surface area contributed by atoms with E-state index in [2.05, 4.69) is 25.5 Å². The van der Waals surface area contributed by atoms with E-state index in [0.29, 0.717) is 23.5 Å². The van der Waals surface area contributed by atoms with Crippen LogP contribution < -0.4 is 25.3 Å². The van der Waals surface area contributed by atoms with Crippen molar-refractivity contribution in [2.24, 2.45) is 5.73 Å². The number of nitrogens with two attached hydrogens (primary N) is 1. The summed E-state index contributed by atoms with van der Waals surface area (Å²) in [5, 5.41) is 29.6. The van der Waals surface area contributed by atoms with E-state index in [0.717, 1.165) is 6.07 Å². The third kappa shape index (κ3) is 9.42. The van der Waals surface area contributed by atoms with Crippen molar-refractivity contribution >= 4 is 41.2 Å². The van der Waals surface area contributed by atoms with Gasteiger partial charge in [0, 0.05) is 28.7 Å². The number of amides is 2. The summed E-state index contributed by atoms with van der Waals surface area (Å²) in [5.41, 5.74) is 4.71. The summed E-state index contributed by atoms with van der Waals surface area (Å²) < 4.78 is 65.6. The molecule has 2 amide bonds. The van der Waals surface area contributed by atoms with Gasteiger partial charge in [-0.2, -0.15) is 4.39 Å². The zero-order valence-electron chi connectivity index (χ0n) is 19.3. The van der Waals surface area contributed by atoms with E-state index in [1.54, 1.807) is 6.92 Å². The molecule has 1 heterocycles. The fraction of sp³-hybridized carbons (Fsp3) is 0.136. The topological polar surface area (TPSA) is 173 Å². The number of rotatable bonds is 7. The number of halogens is 6. The van der Waals surface area contributed by atoms with Crippen molar-refractivity contribution in [3.05, 3.63) is 69.7 Å². The van der Waals surface area contributed by atoms with Crippen molar-refractivity contribution in [3.63, 3.8) is 0 Å². The zero-order chi connectivity index (χ0) is 29.5. The van der Waals surface area contributed by atoms with E-state index in [9.17, 15) is 22.4 Å². The number of carbonyl (C=O) groups excluding carboxylic acids is 2. The van der Waals surface area contributed by atoms with Crippen LogP contribution in [0.3, 0.4) is 0 Å². The van der Waals surface area contributed by atoms with Crippen LogP contribution in [0.15, 0.2) is 42.6 Å². The predicted octanol–water partition coefficient (Wildman–Crippen LogP) is 3.85. The SMILES string of the molecule is Cc1cc(NC(=O)c2c(Cl)cc(Cl)cc2Oc2ccc(OC(F)(F)F)c(F)c2OC(O)(O)O)ccn1.NC=O. The van der Waals surface area contributed by atoms with E-state index < -0.39 is 47.2 Å². The highest BCUT2D eigenvalue weighted by Crippen LogP contribution is 2.43. The van der Waals surface area contributed by atoms with E-state index in [4.69, 9.17) is 48.1 Å². The van der Waals surface area contributed by atoms with Crippen LogP contribution in [0.1, 0.15) is 16.1 Å². The largest absolute Gasteiger partial charge is 0.573 e. The standard InChI is InChI=1S/C21H14Cl2F4N2O7.CH3NO/c1-9-6-11(4-5-28-9)29-19(30)16-12(23)7-10(22)8-15(16)34-14-3-2-13(35-20(25,26)27)17(24)18(14)36-21(31,32)33;2-1-3/h2-8,31-33H,1H3,(H,28,29,30);1H,(H2,2,3). The number of carbonyl (C=O) groups is 2. The van der Waals surface area contributed by atoms with Gasteiger partial charge in [0.25, 0.3) is 5.91 Å². The molecule has 39 heavy (non-hydrogen) atoms. The number of aliphatic hydroxyl groups is 3. The molecule has 210 valence electrons. The van der Waals surface area contributed by atoms with Crippen molar-refractivity contribution < 1.29 is 56.7 Å². The Bertz CT molecular complexity index is 1350. The number of nitrogens with one attached hydrogen (secondary N) is 1. The second-order valence-electron chi connectivity index (χ2n) is 7.07. The van der Waals surface area contributed by atoms with Gasteiger partial charge in [-0.05, 0) is 37.3 Å². The summed E-state index contributed by atoms with van der Waals surface area (Å²) in [5.74, 6) is -6.91. The number of anilines is 1. The Morgan fingerprint density at radius 2 is 1.67 bits per heavy atom. The first-order valence-electron chi connectivity index (χ1n) is 10.0. The Morgan fingerprint density at radius 3 is 2.23 bits per heavy atom. The van der Waals surface area contributed by atoms with Gasteiger partial charge in [0.05, 0.1) is 5.02 Å². The minimum Gasteiger partial charge on any atom is -0.452 e. The van der Waals surface area contributed by atoms with Gasteiger partial charge in [0.15, 0.2) is 11.5 Å². The van der Waals surface area contributed by atoms with Gasteiger partial charge < -0.3 is 40.6 Å². The maximum atomic E-state index is 14.7. The molecule has 0 spiro atoms. The van der Waals surface area contributed by atoms with Gasteiger partial charge in [-0.25, -0.2) is 0 Å². The number of alkyl halides is 3. The molecule has 0 fully saturated rings. The molecule has 0 radical (unpaired) electrons. The quantitative estimate of drug-likeness (QED) is 0.154. The Kier molecular flexibility index (Phi) is 10.3. The molecule has 0 aliphatic rings. The monoisotopic (exact) mass is 597 g/mol. The molecule has 6 N–H and O–H groups in total. The molecule has 17 heteroatoms. The smallest absolute Gasteiger partial charge is 0.452 e. The lowest BCUT2D eigenvalue weighted by Gasteiger charge is -2.21. The average Bonchev–Trinajstić information content (AvgIpc) is 2.76. The highest BCUT2D eigenvalue weighted by Gasteiger charge is 2.35. The molecule has 3 aromatic rings. The Labute approximate surface area is 226 Å². The number of primary amides is 1. The lowest BCUT2D eigenvalue weighted by Crippen LogP contribution is -2.35. The van der Waals surface area contributed by atoms with Gasteiger partial charge in [0.1, 0.15) is 11.3 Å². The molecule has 3 rings (SSSR count). The van der Waals surface area contributed by atoms with Crippen LogP contribution >= 0.6 is 23.2 Å². The van der Waals surface area contributed by atoms with E-state index in [1.165, 1.54) is 24.4 Å². The molecular weight excluding hydrogens is 581 g/mol. The van der Waals surface area contributed by atoms with Crippen molar-refractivity contribution in [3.8, 4) is 23.0 Å². The Hall–Kier alpha value is -3.89. The third-order valence-corrected chi connectivity index (χ3v) is 4.63. The molecule has 0 saturated carbocycles. The van der Waals surface area contributed by atoms with Crippen LogP contribution in [-0.2, 0) is 4.79 Å². The number of ether oxygens (including phenoxy) is 3. The average molecular weight is 598 g/mol. The second-order valence-corrected chi connectivity index (χ2v) is 7.91. The molecule has 0 bridgehead atoms. The molecule has 0 unspecified atom stereocenters. The number of benzene rings is 2. The molecule has 1 aromatic heterocycles. The van der Waals surface area contributed by atoms with Gasteiger partial charge in [0.2, 0.25) is 18.0 Å². The van der Waals surface area contributed by atoms with Crippen LogP contribution in [0, 0.1) is 12.7 Å². The predicted molar refractivity (Wildman–Crippen MR) is 127 cm³/mol. The van der Waals surface area contributed by atoms with Crippen molar-refractivity contribution in [2.45, 2.75) is 19.4 Å². The number of hydrogen-bond donors (Lipinski definition) is 5. The maximum absolute atomic E-state index is 14.7. The van der Waals surface area contributed by atoms with Crippen LogP contribution in [0.2, 0.25) is 10.0 Å². The first-order valence-corrected chi connectivity index (χ1v) is 10.8. The van der Waals surface area contributed by atoms with Crippen LogP contribution in [-0.4, -0.2) is 45.1 Å². The number of pyridine rings is 1. The minimum atomic E-state index is -5.33. The van der Waals surface area contributed by atoms with E-state index in [-0.39, 0.29) is 22.0 Å². The first-order chi connectivity index (χ1) is 18.0. The number of aryl methyl sites for hydroxylation is 1. The summed E-state index contributed by atoms with van der Waals surface area (Å²) in [6, 6.07) is 6.40. The highest BCUT2D eigenvalue weighted by atomic mass is 35.5. The van der Waals surface area contributed by atoms with Crippen molar-refractivity contribution in [1.82, 2.24) is 4.98 Å². The molecule has 0 saturated heterocycles. The number of nitrogens with zero attached hydrogens (tertiary/aromatic N) is 1. The second kappa shape index (κ2) is 12.8. The van der Waals surface area contributed by atoms with Gasteiger partial charge in [-0.15, -0.1) is 13.2 Å².